The molecule has 0 bridgehead atoms. The molecule has 1 unspecified atom stereocenters. The summed E-state index contributed by atoms with van der Waals surface area (Å²) in [4.78, 5) is 5.30. The third-order valence-corrected chi connectivity index (χ3v) is 6.99. The van der Waals surface area contributed by atoms with Gasteiger partial charge < -0.3 is 0 Å². The lowest BCUT2D eigenvalue weighted by Crippen LogP contribution is -2.22. The second-order valence-corrected chi connectivity index (χ2v) is 9.13. The number of aromatic nitrogens is 4. The van der Waals surface area contributed by atoms with Crippen molar-refractivity contribution in [3.8, 4) is 11.4 Å². The molecule has 5 rings (SSSR count). The van der Waals surface area contributed by atoms with Crippen molar-refractivity contribution in [2.75, 3.05) is 0 Å². The standard InChI is InChI=1S/C22H17N5S2/c1-15-7-9-16(10-8-15)19-21(28-18-5-3-2-4-6-18)29-22-25-24-20(27(22)26-19)17-11-13-23-14-12-17/h2-14,21H,1H3. The van der Waals surface area contributed by atoms with E-state index in [1.165, 1.54) is 10.5 Å². The van der Waals surface area contributed by atoms with Gasteiger partial charge in [-0.25, -0.2) is 0 Å². The van der Waals surface area contributed by atoms with Crippen LogP contribution in [-0.2, 0) is 0 Å². The number of nitrogens with zero attached hydrogens (tertiary/aromatic N) is 5. The van der Waals surface area contributed by atoms with Gasteiger partial charge in [0, 0.05) is 22.9 Å². The number of hydrogen-bond donors (Lipinski definition) is 0. The van der Waals surface area contributed by atoms with Crippen LogP contribution in [-0.4, -0.2) is 30.2 Å². The summed E-state index contributed by atoms with van der Waals surface area (Å²) in [5, 5.41) is 14.6. The van der Waals surface area contributed by atoms with Crippen molar-refractivity contribution in [2.24, 2.45) is 5.10 Å². The fourth-order valence-corrected chi connectivity index (χ4v) is 5.48. The third kappa shape index (κ3) is 3.71. The van der Waals surface area contributed by atoms with Gasteiger partial charge in [0.1, 0.15) is 4.58 Å². The molecule has 7 heteroatoms. The molecular formula is C22H17N5S2. The molecule has 0 N–H and O–H groups in total. The molecule has 4 aromatic rings. The maximum absolute atomic E-state index is 5.01. The molecule has 0 fully saturated rings. The van der Waals surface area contributed by atoms with Gasteiger partial charge in [-0.05, 0) is 36.8 Å². The Morgan fingerprint density at radius 2 is 1.62 bits per heavy atom. The zero-order valence-corrected chi connectivity index (χ0v) is 17.3. The van der Waals surface area contributed by atoms with E-state index in [4.69, 9.17) is 5.10 Å². The van der Waals surface area contributed by atoms with Gasteiger partial charge in [-0.1, -0.05) is 59.8 Å². The minimum absolute atomic E-state index is 0.0853. The Kier molecular flexibility index (Phi) is 4.91. The van der Waals surface area contributed by atoms with E-state index in [0.717, 1.165) is 27.8 Å². The number of fused-ring (bicyclic) bond motifs is 1. The van der Waals surface area contributed by atoms with Gasteiger partial charge in [-0.15, -0.1) is 22.0 Å². The smallest absolute Gasteiger partial charge is 0.213 e. The maximum atomic E-state index is 5.01. The average Bonchev–Trinajstić information content (AvgIpc) is 3.18. The molecule has 0 radical (unpaired) electrons. The highest BCUT2D eigenvalue weighted by atomic mass is 32.2. The normalized spacial score (nSPS) is 15.6. The zero-order valence-electron chi connectivity index (χ0n) is 15.6. The molecule has 1 atom stereocenters. The van der Waals surface area contributed by atoms with E-state index in [2.05, 4.69) is 70.6 Å². The van der Waals surface area contributed by atoms with Crippen LogP contribution in [0.2, 0.25) is 0 Å². The summed E-state index contributed by atoms with van der Waals surface area (Å²) in [5.41, 5.74) is 4.29. The fraction of sp³-hybridized carbons (Fsp3) is 0.0909. The number of pyridine rings is 1. The van der Waals surface area contributed by atoms with Crippen LogP contribution < -0.4 is 0 Å². The Labute approximate surface area is 177 Å². The third-order valence-electron chi connectivity index (χ3n) is 4.53. The van der Waals surface area contributed by atoms with Crippen LogP contribution in [0.4, 0.5) is 0 Å². The summed E-state index contributed by atoms with van der Waals surface area (Å²) >= 11 is 3.46. The monoisotopic (exact) mass is 415 g/mol. The molecular weight excluding hydrogens is 398 g/mol. The van der Waals surface area contributed by atoms with E-state index in [-0.39, 0.29) is 4.58 Å². The molecule has 0 saturated heterocycles. The minimum Gasteiger partial charge on any atom is -0.265 e. The largest absolute Gasteiger partial charge is 0.265 e. The molecule has 3 heterocycles. The molecule has 1 aliphatic rings. The van der Waals surface area contributed by atoms with Crippen molar-refractivity contribution < 1.29 is 0 Å². The first kappa shape index (κ1) is 18.1. The second-order valence-electron chi connectivity index (χ2n) is 6.59. The van der Waals surface area contributed by atoms with Crippen LogP contribution >= 0.6 is 23.5 Å². The van der Waals surface area contributed by atoms with Crippen molar-refractivity contribution in [1.29, 1.82) is 0 Å². The molecule has 1 aliphatic heterocycles. The number of hydrogen-bond acceptors (Lipinski definition) is 6. The van der Waals surface area contributed by atoms with Gasteiger partial charge in [0.2, 0.25) is 5.16 Å². The number of aryl methyl sites for hydroxylation is 1. The molecule has 2 aromatic heterocycles. The van der Waals surface area contributed by atoms with Crippen molar-refractivity contribution in [3.63, 3.8) is 0 Å². The van der Waals surface area contributed by atoms with Gasteiger partial charge in [-0.3, -0.25) is 4.98 Å². The van der Waals surface area contributed by atoms with E-state index in [9.17, 15) is 0 Å². The molecule has 5 nitrogen and oxygen atoms in total. The van der Waals surface area contributed by atoms with Gasteiger partial charge in [-0.2, -0.15) is 9.78 Å². The van der Waals surface area contributed by atoms with E-state index in [1.807, 2.05) is 22.9 Å². The minimum atomic E-state index is 0.0853. The second kappa shape index (κ2) is 7.85. The summed E-state index contributed by atoms with van der Waals surface area (Å²) in [6, 6.07) is 22.8. The van der Waals surface area contributed by atoms with E-state index in [0.29, 0.717) is 0 Å². The quantitative estimate of drug-likeness (QED) is 0.463. The van der Waals surface area contributed by atoms with E-state index in [1.54, 1.807) is 35.9 Å². The molecule has 0 saturated carbocycles. The van der Waals surface area contributed by atoms with Gasteiger partial charge >= 0.3 is 0 Å². The van der Waals surface area contributed by atoms with Crippen LogP contribution in [0, 0.1) is 6.92 Å². The van der Waals surface area contributed by atoms with Crippen LogP contribution in [0.3, 0.4) is 0 Å². The van der Waals surface area contributed by atoms with Crippen molar-refractivity contribution in [2.45, 2.75) is 21.6 Å². The van der Waals surface area contributed by atoms with E-state index >= 15 is 0 Å². The number of benzene rings is 2. The summed E-state index contributed by atoms with van der Waals surface area (Å²) in [6.45, 7) is 2.09. The van der Waals surface area contributed by atoms with Crippen molar-refractivity contribution in [3.05, 3.63) is 90.3 Å². The molecule has 2 aromatic carbocycles. The summed E-state index contributed by atoms with van der Waals surface area (Å²) in [6.07, 6.45) is 3.51. The first-order chi connectivity index (χ1) is 14.3. The lowest BCUT2D eigenvalue weighted by Gasteiger charge is -2.23. The summed E-state index contributed by atoms with van der Waals surface area (Å²) < 4.78 is 1.93. The van der Waals surface area contributed by atoms with Gasteiger partial charge in [0.05, 0.1) is 5.71 Å². The Hall–Kier alpha value is -2.90. The Morgan fingerprint density at radius 1 is 0.862 bits per heavy atom. The number of rotatable bonds is 4. The zero-order chi connectivity index (χ0) is 19.6. The van der Waals surface area contributed by atoms with Crippen molar-refractivity contribution >= 4 is 29.2 Å². The average molecular weight is 416 g/mol. The molecule has 0 spiro atoms. The lowest BCUT2D eigenvalue weighted by atomic mass is 10.1. The SMILES string of the molecule is Cc1ccc(C2=Nn3c(nnc3-c3ccncc3)SC2Sc2ccccc2)cc1. The van der Waals surface area contributed by atoms with Crippen LogP contribution in [0.1, 0.15) is 11.1 Å². The highest BCUT2D eigenvalue weighted by Gasteiger charge is 2.30. The summed E-state index contributed by atoms with van der Waals surface area (Å²) in [7, 11) is 0. The predicted molar refractivity (Wildman–Crippen MR) is 118 cm³/mol. The van der Waals surface area contributed by atoms with Gasteiger partial charge in [0.25, 0.3) is 0 Å². The van der Waals surface area contributed by atoms with Crippen LogP contribution in [0.25, 0.3) is 11.4 Å². The van der Waals surface area contributed by atoms with Crippen LogP contribution in [0.15, 0.2) is 94.3 Å². The topological polar surface area (TPSA) is 56.0 Å². The van der Waals surface area contributed by atoms with Crippen molar-refractivity contribution in [1.82, 2.24) is 19.9 Å². The maximum Gasteiger partial charge on any atom is 0.213 e. The lowest BCUT2D eigenvalue weighted by molar-refractivity contribution is 0.760. The Morgan fingerprint density at radius 3 is 2.38 bits per heavy atom. The molecule has 0 aliphatic carbocycles. The molecule has 29 heavy (non-hydrogen) atoms. The van der Waals surface area contributed by atoms with Gasteiger partial charge in [0.15, 0.2) is 5.82 Å². The Bertz CT molecular complexity index is 1160. The Balaban J connectivity index is 1.60. The highest BCUT2D eigenvalue weighted by Crippen LogP contribution is 2.41. The first-order valence-electron chi connectivity index (χ1n) is 9.18. The fourth-order valence-electron chi connectivity index (χ4n) is 3.04. The van der Waals surface area contributed by atoms with E-state index < -0.39 is 0 Å². The molecule has 0 amide bonds. The highest BCUT2D eigenvalue weighted by molar-refractivity contribution is 8.18. The number of thioether (sulfide) groups is 2. The predicted octanol–water partition coefficient (Wildman–Crippen LogP) is 5.13. The first-order valence-corrected chi connectivity index (χ1v) is 10.9. The molecule has 142 valence electrons. The summed E-state index contributed by atoms with van der Waals surface area (Å²) in [5.74, 6) is 0.725. The van der Waals surface area contributed by atoms with Crippen LogP contribution in [0.5, 0.6) is 0 Å².